The summed E-state index contributed by atoms with van der Waals surface area (Å²) in [7, 11) is 3.35. The predicted molar refractivity (Wildman–Crippen MR) is 82.6 cm³/mol. The highest BCUT2D eigenvalue weighted by atomic mass is 35.5. The number of benzene rings is 2. The fourth-order valence-corrected chi connectivity index (χ4v) is 2.61. The summed E-state index contributed by atoms with van der Waals surface area (Å²) in [5.74, 6) is 1.87. The largest absolute Gasteiger partial charge is 0.496 e. The first-order valence-electron chi connectivity index (χ1n) is 6.30. The third kappa shape index (κ3) is 2.62. The normalized spacial score (nSPS) is 16.1. The van der Waals surface area contributed by atoms with Crippen LogP contribution in [0.1, 0.15) is 0 Å². The van der Waals surface area contributed by atoms with Crippen LogP contribution in [0.2, 0.25) is 10.0 Å². The standard InChI is InChI=1S/C15H13Cl2NO3/c1-18-15-20-13-7-9(17)6-11(14(13)21-15)10-5-8(16)3-4-12(10)19-2/h3-7,15,18H,1-2H3. The Hall–Kier alpha value is -1.62. The number of hydrogen-bond acceptors (Lipinski definition) is 4. The molecule has 4 nitrogen and oxygen atoms in total. The summed E-state index contributed by atoms with van der Waals surface area (Å²) in [6, 6.07) is 8.89. The summed E-state index contributed by atoms with van der Waals surface area (Å²) in [5, 5.41) is 4.05. The summed E-state index contributed by atoms with van der Waals surface area (Å²) >= 11 is 12.3. The summed E-state index contributed by atoms with van der Waals surface area (Å²) in [6.45, 7) is 0. The molecule has 3 rings (SSSR count). The number of fused-ring (bicyclic) bond motifs is 1. The van der Waals surface area contributed by atoms with Crippen molar-refractivity contribution in [1.29, 1.82) is 0 Å². The molecule has 6 heteroatoms. The van der Waals surface area contributed by atoms with E-state index in [-0.39, 0.29) is 0 Å². The fraction of sp³-hybridized carbons (Fsp3) is 0.200. The number of methoxy groups -OCH3 is 1. The van der Waals surface area contributed by atoms with Crippen LogP contribution >= 0.6 is 23.2 Å². The number of rotatable bonds is 3. The van der Waals surface area contributed by atoms with Crippen molar-refractivity contribution >= 4 is 23.2 Å². The molecule has 0 saturated carbocycles. The van der Waals surface area contributed by atoms with Gasteiger partial charge >= 0.3 is 6.41 Å². The summed E-state index contributed by atoms with van der Waals surface area (Å²) < 4.78 is 16.8. The van der Waals surface area contributed by atoms with Crippen molar-refractivity contribution in [2.45, 2.75) is 6.41 Å². The minimum atomic E-state index is -0.539. The minimum absolute atomic E-state index is 0.539. The van der Waals surface area contributed by atoms with E-state index in [1.807, 2.05) is 6.07 Å². The van der Waals surface area contributed by atoms with Gasteiger partial charge in [-0.3, -0.25) is 5.32 Å². The van der Waals surface area contributed by atoms with Gasteiger partial charge in [-0.25, -0.2) is 0 Å². The molecular weight excluding hydrogens is 313 g/mol. The van der Waals surface area contributed by atoms with Crippen LogP contribution < -0.4 is 19.5 Å². The zero-order chi connectivity index (χ0) is 15.0. The van der Waals surface area contributed by atoms with Gasteiger partial charge in [0.25, 0.3) is 0 Å². The van der Waals surface area contributed by atoms with Crippen molar-refractivity contribution in [2.24, 2.45) is 0 Å². The lowest BCUT2D eigenvalue weighted by Gasteiger charge is -2.12. The van der Waals surface area contributed by atoms with E-state index < -0.39 is 6.41 Å². The molecule has 0 bridgehead atoms. The Kier molecular flexibility index (Phi) is 3.85. The van der Waals surface area contributed by atoms with E-state index in [2.05, 4.69) is 5.32 Å². The van der Waals surface area contributed by atoms with Gasteiger partial charge in [-0.2, -0.15) is 0 Å². The van der Waals surface area contributed by atoms with Gasteiger partial charge in [-0.1, -0.05) is 23.2 Å². The van der Waals surface area contributed by atoms with Crippen LogP contribution in [0.4, 0.5) is 0 Å². The maximum absolute atomic E-state index is 6.17. The molecule has 110 valence electrons. The van der Waals surface area contributed by atoms with Crippen LogP contribution in [-0.4, -0.2) is 20.6 Å². The van der Waals surface area contributed by atoms with E-state index in [9.17, 15) is 0 Å². The SMILES string of the molecule is CNC1Oc2cc(Cl)cc(-c3cc(Cl)ccc3OC)c2O1. The molecule has 0 amide bonds. The monoisotopic (exact) mass is 325 g/mol. The molecule has 0 saturated heterocycles. The van der Waals surface area contributed by atoms with E-state index in [0.29, 0.717) is 27.3 Å². The second-order valence-electron chi connectivity index (χ2n) is 4.48. The molecule has 2 aromatic rings. The number of nitrogens with one attached hydrogen (secondary N) is 1. The minimum Gasteiger partial charge on any atom is -0.496 e. The molecule has 0 spiro atoms. The fourth-order valence-electron chi connectivity index (χ4n) is 2.23. The Morgan fingerprint density at radius 3 is 2.52 bits per heavy atom. The number of halogens is 2. The van der Waals surface area contributed by atoms with Crippen LogP contribution in [0.15, 0.2) is 30.3 Å². The average Bonchev–Trinajstić information content (AvgIpc) is 2.89. The van der Waals surface area contributed by atoms with E-state index in [0.717, 1.165) is 11.1 Å². The van der Waals surface area contributed by atoms with E-state index >= 15 is 0 Å². The van der Waals surface area contributed by atoms with Gasteiger partial charge in [0.2, 0.25) is 0 Å². The maximum Gasteiger partial charge on any atom is 0.302 e. The van der Waals surface area contributed by atoms with Gasteiger partial charge in [-0.05, 0) is 31.3 Å². The molecule has 0 aliphatic carbocycles. The highest BCUT2D eigenvalue weighted by molar-refractivity contribution is 6.31. The molecule has 0 radical (unpaired) electrons. The van der Waals surface area contributed by atoms with Gasteiger partial charge in [0, 0.05) is 27.2 Å². The smallest absolute Gasteiger partial charge is 0.302 e. The van der Waals surface area contributed by atoms with Gasteiger partial charge in [0.15, 0.2) is 11.5 Å². The van der Waals surface area contributed by atoms with Crippen molar-refractivity contribution in [2.75, 3.05) is 14.2 Å². The van der Waals surface area contributed by atoms with Gasteiger partial charge in [0.05, 0.1) is 7.11 Å². The third-order valence-electron chi connectivity index (χ3n) is 3.17. The second kappa shape index (κ2) is 5.64. The van der Waals surface area contributed by atoms with Gasteiger partial charge in [0.1, 0.15) is 5.75 Å². The molecule has 1 unspecified atom stereocenters. The lowest BCUT2D eigenvalue weighted by molar-refractivity contribution is 0.0257. The first-order chi connectivity index (χ1) is 10.1. The van der Waals surface area contributed by atoms with Crippen molar-refractivity contribution < 1.29 is 14.2 Å². The molecule has 1 aliphatic rings. The topological polar surface area (TPSA) is 39.7 Å². The highest BCUT2D eigenvalue weighted by Gasteiger charge is 2.28. The predicted octanol–water partition coefficient (Wildman–Crippen LogP) is 3.94. The summed E-state index contributed by atoms with van der Waals surface area (Å²) in [4.78, 5) is 0. The molecule has 2 aromatic carbocycles. The molecule has 21 heavy (non-hydrogen) atoms. The van der Waals surface area contributed by atoms with Gasteiger partial charge < -0.3 is 14.2 Å². The van der Waals surface area contributed by atoms with Crippen LogP contribution in [0.25, 0.3) is 11.1 Å². The Morgan fingerprint density at radius 2 is 1.81 bits per heavy atom. The van der Waals surface area contributed by atoms with Crippen LogP contribution in [0.5, 0.6) is 17.2 Å². The first kappa shape index (κ1) is 14.3. The quantitative estimate of drug-likeness (QED) is 0.927. The Balaban J connectivity index is 2.18. The Labute approximate surface area is 132 Å². The Morgan fingerprint density at radius 1 is 1.05 bits per heavy atom. The van der Waals surface area contributed by atoms with Crippen LogP contribution in [0.3, 0.4) is 0 Å². The van der Waals surface area contributed by atoms with Crippen molar-refractivity contribution in [3.8, 4) is 28.4 Å². The third-order valence-corrected chi connectivity index (χ3v) is 3.62. The van der Waals surface area contributed by atoms with Crippen LogP contribution in [-0.2, 0) is 0 Å². The zero-order valence-electron chi connectivity index (χ0n) is 11.4. The average molecular weight is 326 g/mol. The Bertz CT molecular complexity index is 691. The summed E-state index contributed by atoms with van der Waals surface area (Å²) in [5.41, 5.74) is 1.57. The van der Waals surface area contributed by atoms with E-state index in [4.69, 9.17) is 37.4 Å². The first-order valence-corrected chi connectivity index (χ1v) is 7.06. The molecule has 0 aromatic heterocycles. The van der Waals surface area contributed by atoms with E-state index in [1.54, 1.807) is 38.4 Å². The molecule has 1 N–H and O–H groups in total. The highest BCUT2D eigenvalue weighted by Crippen LogP contribution is 2.47. The molecule has 1 heterocycles. The van der Waals surface area contributed by atoms with Crippen molar-refractivity contribution in [3.63, 3.8) is 0 Å². The molecule has 0 fully saturated rings. The van der Waals surface area contributed by atoms with Crippen molar-refractivity contribution in [1.82, 2.24) is 5.32 Å². The van der Waals surface area contributed by atoms with E-state index in [1.165, 1.54) is 0 Å². The summed E-state index contributed by atoms with van der Waals surface area (Å²) in [6.07, 6.45) is -0.539. The van der Waals surface area contributed by atoms with Gasteiger partial charge in [-0.15, -0.1) is 0 Å². The number of ether oxygens (including phenoxy) is 3. The molecule has 1 aliphatic heterocycles. The maximum atomic E-state index is 6.17. The zero-order valence-corrected chi connectivity index (χ0v) is 13.0. The van der Waals surface area contributed by atoms with Crippen molar-refractivity contribution in [3.05, 3.63) is 40.4 Å². The molecule has 1 atom stereocenters. The lowest BCUT2D eigenvalue weighted by atomic mass is 10.0. The lowest BCUT2D eigenvalue weighted by Crippen LogP contribution is -2.32. The second-order valence-corrected chi connectivity index (χ2v) is 5.35. The van der Waals surface area contributed by atoms with Crippen LogP contribution in [0, 0.1) is 0 Å². The number of hydrogen-bond donors (Lipinski definition) is 1. The molecular formula is C15H13Cl2NO3.